The highest BCUT2D eigenvalue weighted by atomic mass is 35.5. The SMILES string of the molecule is COC1(CNS(=O)(=O)Cc2ccc(Cl)cc2)CCSC1. The van der Waals surface area contributed by atoms with Crippen molar-refractivity contribution in [2.75, 3.05) is 25.2 Å². The van der Waals surface area contributed by atoms with Crippen LogP contribution in [-0.4, -0.2) is 39.2 Å². The summed E-state index contributed by atoms with van der Waals surface area (Å²) in [6.07, 6.45) is 0.873. The second-order valence-corrected chi connectivity index (χ2v) is 8.24. The Labute approximate surface area is 129 Å². The van der Waals surface area contributed by atoms with Crippen LogP contribution in [0.5, 0.6) is 0 Å². The lowest BCUT2D eigenvalue weighted by Crippen LogP contribution is -2.44. The summed E-state index contributed by atoms with van der Waals surface area (Å²) in [5, 5.41) is 0.598. The smallest absolute Gasteiger partial charge is 0.215 e. The van der Waals surface area contributed by atoms with Gasteiger partial charge in [0, 0.05) is 24.4 Å². The number of hydrogen-bond donors (Lipinski definition) is 1. The summed E-state index contributed by atoms with van der Waals surface area (Å²) in [6.45, 7) is 0.326. The van der Waals surface area contributed by atoms with Gasteiger partial charge < -0.3 is 4.74 Å². The fourth-order valence-electron chi connectivity index (χ4n) is 2.05. The number of sulfonamides is 1. The maximum Gasteiger partial charge on any atom is 0.215 e. The molecule has 1 saturated heterocycles. The van der Waals surface area contributed by atoms with Gasteiger partial charge in [-0.25, -0.2) is 13.1 Å². The summed E-state index contributed by atoms with van der Waals surface area (Å²) >= 11 is 7.57. The summed E-state index contributed by atoms with van der Waals surface area (Å²) in [5.74, 6) is 1.79. The highest BCUT2D eigenvalue weighted by Crippen LogP contribution is 2.30. The summed E-state index contributed by atoms with van der Waals surface area (Å²) in [6, 6.07) is 6.82. The molecule has 0 aromatic heterocycles. The van der Waals surface area contributed by atoms with Crippen molar-refractivity contribution in [1.82, 2.24) is 4.72 Å². The maximum absolute atomic E-state index is 12.1. The summed E-state index contributed by atoms with van der Waals surface area (Å²) in [5.41, 5.74) is 0.353. The number of thioether (sulfide) groups is 1. The van der Waals surface area contributed by atoms with Gasteiger partial charge in [0.05, 0.1) is 11.4 Å². The fraction of sp³-hybridized carbons (Fsp3) is 0.538. The van der Waals surface area contributed by atoms with Crippen molar-refractivity contribution < 1.29 is 13.2 Å². The Morgan fingerprint density at radius 3 is 2.65 bits per heavy atom. The largest absolute Gasteiger partial charge is 0.376 e. The third-order valence-corrected chi connectivity index (χ3v) is 6.16. The zero-order valence-corrected chi connectivity index (χ0v) is 13.7. The average molecular weight is 336 g/mol. The Bertz CT molecular complexity index is 539. The van der Waals surface area contributed by atoms with Gasteiger partial charge in [0.2, 0.25) is 10.0 Å². The Morgan fingerprint density at radius 2 is 2.10 bits per heavy atom. The van der Waals surface area contributed by atoms with Gasteiger partial charge >= 0.3 is 0 Å². The van der Waals surface area contributed by atoms with Crippen LogP contribution < -0.4 is 4.72 Å². The number of halogens is 1. The first kappa shape index (κ1) is 16.1. The van der Waals surface area contributed by atoms with Crippen LogP contribution in [-0.2, 0) is 20.5 Å². The zero-order valence-electron chi connectivity index (χ0n) is 11.3. The lowest BCUT2D eigenvalue weighted by atomic mass is 10.0. The molecule has 0 aliphatic carbocycles. The predicted molar refractivity (Wildman–Crippen MR) is 83.8 cm³/mol. The van der Waals surface area contributed by atoms with Crippen LogP contribution >= 0.6 is 23.4 Å². The molecule has 2 rings (SSSR count). The number of benzene rings is 1. The molecule has 112 valence electrons. The predicted octanol–water partition coefficient (Wildman–Crippen LogP) is 2.28. The van der Waals surface area contributed by atoms with Gasteiger partial charge in [-0.3, -0.25) is 0 Å². The van der Waals surface area contributed by atoms with E-state index in [0.717, 1.165) is 17.9 Å². The molecular formula is C13H18ClNO3S2. The van der Waals surface area contributed by atoms with Gasteiger partial charge in [-0.2, -0.15) is 11.8 Å². The van der Waals surface area contributed by atoms with Crippen molar-refractivity contribution in [2.45, 2.75) is 17.8 Å². The molecule has 1 atom stereocenters. The number of ether oxygens (including phenoxy) is 1. The van der Waals surface area contributed by atoms with E-state index in [9.17, 15) is 8.42 Å². The van der Waals surface area contributed by atoms with Crippen molar-refractivity contribution in [3.05, 3.63) is 34.9 Å². The quantitative estimate of drug-likeness (QED) is 0.866. The summed E-state index contributed by atoms with van der Waals surface area (Å²) in [4.78, 5) is 0. The van der Waals surface area contributed by atoms with E-state index in [2.05, 4.69) is 4.72 Å². The molecule has 1 aromatic carbocycles. The van der Waals surface area contributed by atoms with Gasteiger partial charge in [-0.05, 0) is 29.9 Å². The topological polar surface area (TPSA) is 55.4 Å². The molecule has 1 N–H and O–H groups in total. The molecule has 20 heavy (non-hydrogen) atoms. The standard InChI is InChI=1S/C13H18ClNO3S2/c1-18-13(6-7-19-10-13)9-15-20(16,17)8-11-2-4-12(14)5-3-11/h2-5,15H,6-10H2,1H3. The zero-order chi connectivity index (χ0) is 14.6. The normalized spacial score (nSPS) is 23.1. The van der Waals surface area contributed by atoms with Crippen LogP contribution in [0.4, 0.5) is 0 Å². The maximum atomic E-state index is 12.1. The Morgan fingerprint density at radius 1 is 1.40 bits per heavy atom. The van der Waals surface area contributed by atoms with Crippen LogP contribution in [0.1, 0.15) is 12.0 Å². The first-order valence-electron chi connectivity index (χ1n) is 6.29. The highest BCUT2D eigenvalue weighted by Gasteiger charge is 2.35. The van der Waals surface area contributed by atoms with Crippen LogP contribution in [0.3, 0.4) is 0 Å². The molecule has 7 heteroatoms. The summed E-state index contributed by atoms with van der Waals surface area (Å²) in [7, 11) is -1.73. The van der Waals surface area contributed by atoms with Crippen molar-refractivity contribution >= 4 is 33.4 Å². The Kier molecular flexibility index (Phi) is 5.36. The van der Waals surface area contributed by atoms with Gasteiger partial charge in [0.1, 0.15) is 0 Å². The van der Waals surface area contributed by atoms with Crippen molar-refractivity contribution in [1.29, 1.82) is 0 Å². The van der Waals surface area contributed by atoms with E-state index >= 15 is 0 Å². The van der Waals surface area contributed by atoms with E-state index in [1.54, 1.807) is 43.1 Å². The minimum Gasteiger partial charge on any atom is -0.376 e. The van der Waals surface area contributed by atoms with E-state index in [1.165, 1.54) is 0 Å². The van der Waals surface area contributed by atoms with E-state index in [-0.39, 0.29) is 11.4 Å². The lowest BCUT2D eigenvalue weighted by Gasteiger charge is -2.26. The molecular weight excluding hydrogens is 318 g/mol. The average Bonchev–Trinajstić information content (AvgIpc) is 2.89. The monoisotopic (exact) mass is 335 g/mol. The van der Waals surface area contributed by atoms with E-state index in [0.29, 0.717) is 17.1 Å². The van der Waals surface area contributed by atoms with Gasteiger partial charge in [0.15, 0.2) is 0 Å². The third-order valence-electron chi connectivity index (χ3n) is 3.38. The second kappa shape index (κ2) is 6.66. The molecule has 1 heterocycles. The second-order valence-electron chi connectivity index (χ2n) is 4.90. The molecule has 1 aliphatic rings. The van der Waals surface area contributed by atoms with Crippen LogP contribution in [0.15, 0.2) is 24.3 Å². The van der Waals surface area contributed by atoms with Crippen LogP contribution in [0.2, 0.25) is 5.02 Å². The summed E-state index contributed by atoms with van der Waals surface area (Å²) < 4.78 is 32.3. The molecule has 0 saturated carbocycles. The minimum atomic E-state index is -3.37. The fourth-order valence-corrected chi connectivity index (χ4v) is 4.79. The van der Waals surface area contributed by atoms with Gasteiger partial charge in [-0.1, -0.05) is 23.7 Å². The Hall–Kier alpha value is -0.270. The molecule has 0 bridgehead atoms. The first-order valence-corrected chi connectivity index (χ1v) is 9.48. The molecule has 1 aromatic rings. The van der Waals surface area contributed by atoms with Crippen molar-refractivity contribution in [2.24, 2.45) is 0 Å². The molecule has 1 fully saturated rings. The molecule has 0 radical (unpaired) electrons. The van der Waals surface area contributed by atoms with Crippen LogP contribution in [0, 0.1) is 0 Å². The molecule has 1 unspecified atom stereocenters. The molecule has 1 aliphatic heterocycles. The number of nitrogens with one attached hydrogen (secondary N) is 1. The van der Waals surface area contributed by atoms with E-state index in [1.807, 2.05) is 0 Å². The van der Waals surface area contributed by atoms with Gasteiger partial charge in [-0.15, -0.1) is 0 Å². The molecule has 0 spiro atoms. The lowest BCUT2D eigenvalue weighted by molar-refractivity contribution is 0.0179. The van der Waals surface area contributed by atoms with Crippen molar-refractivity contribution in [3.8, 4) is 0 Å². The first-order chi connectivity index (χ1) is 9.45. The Balaban J connectivity index is 1.95. The third kappa shape index (κ3) is 4.36. The highest BCUT2D eigenvalue weighted by molar-refractivity contribution is 7.99. The van der Waals surface area contributed by atoms with Gasteiger partial charge in [0.25, 0.3) is 0 Å². The minimum absolute atomic E-state index is 0.0445. The van der Waals surface area contributed by atoms with E-state index < -0.39 is 10.0 Å². The number of rotatable bonds is 6. The van der Waals surface area contributed by atoms with Crippen molar-refractivity contribution in [3.63, 3.8) is 0 Å². The molecule has 0 amide bonds. The number of hydrogen-bond acceptors (Lipinski definition) is 4. The van der Waals surface area contributed by atoms with E-state index in [4.69, 9.17) is 16.3 Å². The van der Waals surface area contributed by atoms with Crippen LogP contribution in [0.25, 0.3) is 0 Å². The number of methoxy groups -OCH3 is 1. The molecule has 4 nitrogen and oxygen atoms in total.